The summed E-state index contributed by atoms with van der Waals surface area (Å²) in [5.41, 5.74) is 4.62. The van der Waals surface area contributed by atoms with Crippen LogP contribution in [0.2, 0.25) is 0 Å². The second kappa shape index (κ2) is 12.3. The number of esters is 1. The predicted molar refractivity (Wildman–Crippen MR) is 165 cm³/mol. The van der Waals surface area contributed by atoms with Gasteiger partial charge in [-0.3, -0.25) is 14.9 Å². The van der Waals surface area contributed by atoms with Gasteiger partial charge in [-0.1, -0.05) is 68.1 Å². The molecule has 0 radical (unpaired) electrons. The molecule has 8 nitrogen and oxygen atoms in total. The lowest BCUT2D eigenvalue weighted by Crippen LogP contribution is -2.47. The molecule has 3 aliphatic rings. The Kier molecular flexibility index (Phi) is 8.29. The van der Waals surface area contributed by atoms with Crippen molar-refractivity contribution in [2.75, 3.05) is 25.3 Å². The van der Waals surface area contributed by atoms with Gasteiger partial charge < -0.3 is 18.9 Å². The minimum atomic E-state index is -1.12. The number of carbonyl (C=O) groups excluding carboxylic acids is 3. The zero-order valence-electron chi connectivity index (χ0n) is 25.1. The third-order valence-corrected chi connectivity index (χ3v) is 9.00. The highest BCUT2D eigenvalue weighted by molar-refractivity contribution is 6.06. The number of halogens is 1. The molecule has 3 aromatic rings. The summed E-state index contributed by atoms with van der Waals surface area (Å²) < 4.78 is 37.8. The van der Waals surface area contributed by atoms with Crippen LogP contribution >= 0.6 is 0 Å². The molecule has 1 fully saturated rings. The van der Waals surface area contributed by atoms with Crippen LogP contribution in [-0.2, 0) is 35.0 Å². The Morgan fingerprint density at radius 1 is 1.11 bits per heavy atom. The molecule has 0 saturated carbocycles. The molecule has 0 bridgehead atoms. The van der Waals surface area contributed by atoms with Gasteiger partial charge in [0, 0.05) is 24.1 Å². The molecule has 1 N–H and O–H groups in total. The molecule has 0 spiro atoms. The molecule has 0 unspecified atom stereocenters. The van der Waals surface area contributed by atoms with Crippen molar-refractivity contribution >= 4 is 23.5 Å². The first-order valence-electron chi connectivity index (χ1n) is 14.9. The van der Waals surface area contributed by atoms with Crippen LogP contribution in [0.3, 0.4) is 0 Å². The molecule has 232 valence electrons. The molecular weight excluding hydrogens is 577 g/mol. The van der Waals surface area contributed by atoms with Crippen molar-refractivity contribution < 1.29 is 37.7 Å². The van der Waals surface area contributed by atoms with Gasteiger partial charge in [0.1, 0.15) is 36.3 Å². The van der Waals surface area contributed by atoms with Crippen LogP contribution in [0.4, 0.5) is 14.9 Å². The van der Waals surface area contributed by atoms with E-state index in [4.69, 9.17) is 18.9 Å². The van der Waals surface area contributed by atoms with Crippen molar-refractivity contribution in [1.29, 1.82) is 0 Å². The van der Waals surface area contributed by atoms with Gasteiger partial charge in [-0.2, -0.15) is 0 Å². The van der Waals surface area contributed by atoms with Gasteiger partial charge in [0.15, 0.2) is 12.6 Å². The van der Waals surface area contributed by atoms with E-state index in [9.17, 15) is 14.4 Å². The van der Waals surface area contributed by atoms with Crippen LogP contribution < -0.4 is 5.32 Å². The number of ether oxygens (including phenoxy) is 4. The Labute approximate surface area is 260 Å². The van der Waals surface area contributed by atoms with Crippen molar-refractivity contribution in [3.63, 3.8) is 0 Å². The van der Waals surface area contributed by atoms with E-state index in [0.717, 1.165) is 22.3 Å². The molecule has 9 heteroatoms. The number of hydrogen-bond acceptors (Lipinski definition) is 7. The Morgan fingerprint density at radius 3 is 2.49 bits per heavy atom. The fourth-order valence-corrected chi connectivity index (χ4v) is 6.62. The summed E-state index contributed by atoms with van der Waals surface area (Å²) >= 11 is 0. The first-order valence-corrected chi connectivity index (χ1v) is 14.9. The monoisotopic (exact) mass is 611 g/mol. The topological polar surface area (TPSA) is 100 Å². The third kappa shape index (κ3) is 5.64. The fourth-order valence-electron chi connectivity index (χ4n) is 6.62. The van der Waals surface area contributed by atoms with Gasteiger partial charge in [-0.05, 0) is 64.8 Å². The van der Waals surface area contributed by atoms with E-state index < -0.39 is 41.1 Å². The summed E-state index contributed by atoms with van der Waals surface area (Å²) in [7, 11) is 0. The SMILES string of the molecule is C=CCOC(=O)[C@@H]1C[C@]2([C@@H](C)Cc3cc(NC(=O)OCC4c5ccccc5-c5ccccc54)c(C)cc3F)OCOC2=CC1=O. The van der Waals surface area contributed by atoms with Crippen LogP contribution in [0.25, 0.3) is 11.1 Å². The lowest BCUT2D eigenvalue weighted by molar-refractivity contribution is -0.154. The van der Waals surface area contributed by atoms with Crippen molar-refractivity contribution in [2.45, 2.75) is 38.2 Å². The molecule has 1 amide bonds. The molecular formula is C36H34FNO7. The highest BCUT2D eigenvalue weighted by Crippen LogP contribution is 2.47. The summed E-state index contributed by atoms with van der Waals surface area (Å²) in [5.74, 6) is -2.81. The minimum Gasteiger partial charge on any atom is -0.469 e. The molecule has 45 heavy (non-hydrogen) atoms. The number of ketones is 1. The highest BCUT2D eigenvalue weighted by atomic mass is 19.1. The summed E-state index contributed by atoms with van der Waals surface area (Å²) in [6.45, 7) is 7.12. The number of nitrogens with one attached hydrogen (secondary N) is 1. The van der Waals surface area contributed by atoms with Crippen molar-refractivity contribution in [2.24, 2.45) is 11.8 Å². The summed E-state index contributed by atoms with van der Waals surface area (Å²) in [4.78, 5) is 38.4. The Hall–Kier alpha value is -4.76. The average molecular weight is 612 g/mol. The number of anilines is 1. The van der Waals surface area contributed by atoms with Crippen LogP contribution in [0, 0.1) is 24.6 Å². The van der Waals surface area contributed by atoms with Gasteiger partial charge in [-0.15, -0.1) is 0 Å². The van der Waals surface area contributed by atoms with E-state index in [0.29, 0.717) is 22.6 Å². The number of hydrogen-bond donors (Lipinski definition) is 1. The van der Waals surface area contributed by atoms with Crippen LogP contribution in [0.15, 0.2) is 85.2 Å². The van der Waals surface area contributed by atoms with Gasteiger partial charge in [0.05, 0.1) is 0 Å². The standard InChI is InChI=1S/C36H34FNO7/c1-4-13-42-34(40)28-18-36(33(17-32(28)39)44-20-45-36)22(3)15-23-16-31(21(2)14-30(23)37)38-35(41)43-19-29-26-11-7-5-9-24(26)25-10-6-8-12-27(25)29/h4-12,14,16-17,22,28-29H,1,13,15,18-20H2,2-3H3,(H,38,41)/t22-,28+,36+/m0/s1. The molecule has 1 heterocycles. The summed E-state index contributed by atoms with van der Waals surface area (Å²) in [6, 6.07) is 19.1. The Morgan fingerprint density at radius 2 is 1.80 bits per heavy atom. The van der Waals surface area contributed by atoms with Crippen molar-refractivity contribution in [3.8, 4) is 11.1 Å². The van der Waals surface area contributed by atoms with E-state index in [2.05, 4.69) is 24.0 Å². The van der Waals surface area contributed by atoms with Gasteiger partial charge in [0.25, 0.3) is 0 Å². The number of fused-ring (bicyclic) bond motifs is 4. The highest BCUT2D eigenvalue weighted by Gasteiger charge is 2.54. The van der Waals surface area contributed by atoms with Crippen LogP contribution in [0.1, 0.15) is 41.5 Å². The summed E-state index contributed by atoms with van der Waals surface area (Å²) in [6.07, 6.45) is 2.24. The quantitative estimate of drug-likeness (QED) is 0.165. The van der Waals surface area contributed by atoms with Crippen LogP contribution in [-0.4, -0.2) is 43.5 Å². The smallest absolute Gasteiger partial charge is 0.411 e. The normalized spacial score (nSPS) is 20.6. The number of carbonyl (C=O) groups is 3. The van der Waals surface area contributed by atoms with E-state index in [-0.39, 0.29) is 38.8 Å². The third-order valence-electron chi connectivity index (χ3n) is 9.00. The van der Waals surface area contributed by atoms with Crippen molar-refractivity contribution in [1.82, 2.24) is 0 Å². The fraction of sp³-hybridized carbons (Fsp3) is 0.306. The molecule has 3 atom stereocenters. The molecule has 0 aromatic heterocycles. The zero-order valence-corrected chi connectivity index (χ0v) is 25.1. The lowest BCUT2D eigenvalue weighted by atomic mass is 9.72. The maximum absolute atomic E-state index is 15.3. The second-order valence-corrected chi connectivity index (χ2v) is 11.7. The lowest BCUT2D eigenvalue weighted by Gasteiger charge is -2.37. The number of allylic oxidation sites excluding steroid dienone is 1. The number of rotatable bonds is 9. The number of benzene rings is 3. The van der Waals surface area contributed by atoms with Gasteiger partial charge >= 0.3 is 12.1 Å². The molecule has 6 rings (SSSR count). The van der Waals surface area contributed by atoms with Crippen LogP contribution in [0.5, 0.6) is 0 Å². The van der Waals surface area contributed by atoms with E-state index in [1.54, 1.807) is 13.0 Å². The van der Waals surface area contributed by atoms with E-state index in [1.807, 2.05) is 43.3 Å². The maximum atomic E-state index is 15.3. The number of aryl methyl sites for hydroxylation is 1. The molecule has 3 aromatic carbocycles. The Balaban J connectivity index is 1.16. The first-order chi connectivity index (χ1) is 21.7. The Bertz CT molecular complexity index is 1670. The minimum absolute atomic E-state index is 0.00709. The van der Waals surface area contributed by atoms with E-state index in [1.165, 1.54) is 18.2 Å². The van der Waals surface area contributed by atoms with Gasteiger partial charge in [-0.25, -0.2) is 9.18 Å². The zero-order chi connectivity index (χ0) is 31.7. The maximum Gasteiger partial charge on any atom is 0.411 e. The predicted octanol–water partition coefficient (Wildman–Crippen LogP) is 6.62. The first kappa shape index (κ1) is 30.3. The average Bonchev–Trinajstić information content (AvgIpc) is 3.60. The van der Waals surface area contributed by atoms with E-state index >= 15 is 4.39 Å². The molecule has 2 aliphatic carbocycles. The molecule has 1 saturated heterocycles. The largest absolute Gasteiger partial charge is 0.469 e. The van der Waals surface area contributed by atoms with Crippen molar-refractivity contribution in [3.05, 3.63) is 113 Å². The number of amides is 1. The second-order valence-electron chi connectivity index (χ2n) is 11.7. The molecule has 1 aliphatic heterocycles. The summed E-state index contributed by atoms with van der Waals surface area (Å²) in [5, 5.41) is 2.79. The van der Waals surface area contributed by atoms with Gasteiger partial charge in [0.2, 0.25) is 0 Å².